The van der Waals surface area contributed by atoms with Crippen molar-refractivity contribution in [3.05, 3.63) is 54.4 Å². The van der Waals surface area contributed by atoms with E-state index in [1.807, 2.05) is 31.3 Å². The highest BCUT2D eigenvalue weighted by molar-refractivity contribution is 6.11. The first kappa shape index (κ1) is 13.2. The van der Waals surface area contributed by atoms with Crippen LogP contribution in [0.2, 0.25) is 0 Å². The van der Waals surface area contributed by atoms with Gasteiger partial charge < -0.3 is 15.0 Å². The SMILES string of the molecule is CCOc1ccc(NC(=O)c2cccc3cc[nH]c23)cn1. The molecule has 0 aliphatic rings. The number of hydrogen-bond donors (Lipinski definition) is 2. The van der Waals surface area contributed by atoms with Gasteiger partial charge in [-0.3, -0.25) is 4.79 Å². The molecule has 0 fully saturated rings. The Hall–Kier alpha value is -2.82. The van der Waals surface area contributed by atoms with Gasteiger partial charge in [0.2, 0.25) is 5.88 Å². The molecule has 0 saturated carbocycles. The van der Waals surface area contributed by atoms with E-state index in [4.69, 9.17) is 4.74 Å². The molecule has 0 unspecified atom stereocenters. The summed E-state index contributed by atoms with van der Waals surface area (Å²) in [6.45, 7) is 2.46. The third-order valence-corrected chi connectivity index (χ3v) is 3.12. The Bertz CT molecular complexity index is 763. The molecule has 0 spiro atoms. The standard InChI is InChI=1S/C16H15N3O2/c1-2-21-14-7-6-12(10-18-14)19-16(20)13-5-3-4-11-8-9-17-15(11)13/h3-10,17H,2H2,1H3,(H,19,20). The molecule has 2 heterocycles. The van der Waals surface area contributed by atoms with E-state index in [1.165, 1.54) is 0 Å². The van der Waals surface area contributed by atoms with Crippen LogP contribution < -0.4 is 10.1 Å². The summed E-state index contributed by atoms with van der Waals surface area (Å²) in [6.07, 6.45) is 3.40. The minimum absolute atomic E-state index is 0.172. The van der Waals surface area contributed by atoms with E-state index in [-0.39, 0.29) is 5.91 Å². The maximum Gasteiger partial charge on any atom is 0.257 e. The monoisotopic (exact) mass is 281 g/mol. The first-order valence-electron chi connectivity index (χ1n) is 6.74. The lowest BCUT2D eigenvalue weighted by Crippen LogP contribution is -2.12. The number of benzene rings is 1. The number of hydrogen-bond acceptors (Lipinski definition) is 3. The second kappa shape index (κ2) is 5.66. The van der Waals surface area contributed by atoms with Crippen LogP contribution in [0.4, 0.5) is 5.69 Å². The van der Waals surface area contributed by atoms with Gasteiger partial charge in [-0.1, -0.05) is 12.1 Å². The third-order valence-electron chi connectivity index (χ3n) is 3.12. The summed E-state index contributed by atoms with van der Waals surface area (Å²) in [6, 6.07) is 11.0. The number of carbonyl (C=O) groups excluding carboxylic acids is 1. The number of para-hydroxylation sites is 1. The van der Waals surface area contributed by atoms with Crippen molar-refractivity contribution in [1.29, 1.82) is 0 Å². The van der Waals surface area contributed by atoms with Crippen molar-refractivity contribution in [1.82, 2.24) is 9.97 Å². The number of ether oxygens (including phenoxy) is 1. The average molecular weight is 281 g/mol. The van der Waals surface area contributed by atoms with Gasteiger partial charge in [-0.2, -0.15) is 0 Å². The normalized spacial score (nSPS) is 10.5. The Labute approximate surface area is 122 Å². The van der Waals surface area contributed by atoms with Crippen LogP contribution in [0.3, 0.4) is 0 Å². The van der Waals surface area contributed by atoms with E-state index in [1.54, 1.807) is 24.4 Å². The quantitative estimate of drug-likeness (QED) is 0.771. The molecule has 5 nitrogen and oxygen atoms in total. The van der Waals surface area contributed by atoms with Crippen LogP contribution in [0.5, 0.6) is 5.88 Å². The highest BCUT2D eigenvalue weighted by Gasteiger charge is 2.11. The molecule has 3 rings (SSSR count). The molecule has 0 bridgehead atoms. The summed E-state index contributed by atoms with van der Waals surface area (Å²) >= 11 is 0. The number of H-pyrrole nitrogens is 1. The van der Waals surface area contributed by atoms with E-state index in [0.29, 0.717) is 23.7 Å². The fourth-order valence-electron chi connectivity index (χ4n) is 2.16. The van der Waals surface area contributed by atoms with Crippen molar-refractivity contribution in [2.45, 2.75) is 6.92 Å². The van der Waals surface area contributed by atoms with E-state index in [0.717, 1.165) is 10.9 Å². The molecule has 1 amide bonds. The van der Waals surface area contributed by atoms with Gasteiger partial charge in [-0.25, -0.2) is 4.98 Å². The molecule has 0 aliphatic carbocycles. The van der Waals surface area contributed by atoms with Crippen LogP contribution in [0.15, 0.2) is 48.8 Å². The van der Waals surface area contributed by atoms with Gasteiger partial charge in [0.15, 0.2) is 0 Å². The fourth-order valence-corrected chi connectivity index (χ4v) is 2.16. The third kappa shape index (κ3) is 2.72. The molecule has 3 aromatic rings. The highest BCUT2D eigenvalue weighted by atomic mass is 16.5. The summed E-state index contributed by atoms with van der Waals surface area (Å²) in [5, 5.41) is 3.84. The largest absolute Gasteiger partial charge is 0.478 e. The number of fused-ring (bicyclic) bond motifs is 1. The Morgan fingerprint density at radius 2 is 2.19 bits per heavy atom. The molecule has 5 heteroatoms. The predicted molar refractivity (Wildman–Crippen MR) is 81.7 cm³/mol. The van der Waals surface area contributed by atoms with Crippen molar-refractivity contribution in [3.8, 4) is 5.88 Å². The summed E-state index contributed by atoms with van der Waals surface area (Å²) in [7, 11) is 0. The first-order chi connectivity index (χ1) is 10.3. The van der Waals surface area contributed by atoms with Crippen LogP contribution >= 0.6 is 0 Å². The second-order valence-corrected chi connectivity index (χ2v) is 4.52. The zero-order chi connectivity index (χ0) is 14.7. The Kier molecular flexibility index (Phi) is 3.55. The number of anilines is 1. The van der Waals surface area contributed by atoms with Gasteiger partial charge in [0.05, 0.1) is 29.6 Å². The van der Waals surface area contributed by atoms with Crippen LogP contribution in [0.1, 0.15) is 17.3 Å². The van der Waals surface area contributed by atoms with Crippen LogP contribution in [0, 0.1) is 0 Å². The van der Waals surface area contributed by atoms with Crippen molar-refractivity contribution in [3.63, 3.8) is 0 Å². The lowest BCUT2D eigenvalue weighted by molar-refractivity contribution is 0.102. The van der Waals surface area contributed by atoms with E-state index in [9.17, 15) is 4.79 Å². The van der Waals surface area contributed by atoms with Crippen molar-refractivity contribution >= 4 is 22.5 Å². The zero-order valence-electron chi connectivity index (χ0n) is 11.6. The number of rotatable bonds is 4. The summed E-state index contributed by atoms with van der Waals surface area (Å²) in [5.41, 5.74) is 2.06. The maximum absolute atomic E-state index is 12.3. The van der Waals surface area contributed by atoms with E-state index >= 15 is 0 Å². The number of carbonyl (C=O) groups is 1. The van der Waals surface area contributed by atoms with Gasteiger partial charge >= 0.3 is 0 Å². The van der Waals surface area contributed by atoms with Crippen LogP contribution in [-0.4, -0.2) is 22.5 Å². The number of pyridine rings is 1. The minimum atomic E-state index is -0.172. The number of aromatic nitrogens is 2. The number of nitrogens with one attached hydrogen (secondary N) is 2. The molecule has 106 valence electrons. The smallest absolute Gasteiger partial charge is 0.257 e. The number of amides is 1. The molecule has 2 N–H and O–H groups in total. The van der Waals surface area contributed by atoms with Gasteiger partial charge in [0, 0.05) is 17.6 Å². The minimum Gasteiger partial charge on any atom is -0.478 e. The lowest BCUT2D eigenvalue weighted by Gasteiger charge is -2.07. The van der Waals surface area contributed by atoms with Crippen molar-refractivity contribution in [2.75, 3.05) is 11.9 Å². The van der Waals surface area contributed by atoms with Gasteiger partial charge in [0.25, 0.3) is 5.91 Å². The molecule has 0 saturated heterocycles. The molecular weight excluding hydrogens is 266 g/mol. The summed E-state index contributed by atoms with van der Waals surface area (Å²) in [4.78, 5) is 19.6. The molecule has 21 heavy (non-hydrogen) atoms. The molecular formula is C16H15N3O2. The lowest BCUT2D eigenvalue weighted by atomic mass is 10.1. The fraction of sp³-hybridized carbons (Fsp3) is 0.125. The van der Waals surface area contributed by atoms with Crippen LogP contribution in [0.25, 0.3) is 10.9 Å². The maximum atomic E-state index is 12.3. The number of nitrogens with zero attached hydrogens (tertiary/aromatic N) is 1. The molecule has 0 aliphatic heterocycles. The second-order valence-electron chi connectivity index (χ2n) is 4.52. The van der Waals surface area contributed by atoms with Gasteiger partial charge in [0.1, 0.15) is 0 Å². The van der Waals surface area contributed by atoms with Crippen molar-refractivity contribution < 1.29 is 9.53 Å². The molecule has 1 aromatic carbocycles. The highest BCUT2D eigenvalue weighted by Crippen LogP contribution is 2.19. The Balaban J connectivity index is 1.81. The van der Waals surface area contributed by atoms with Gasteiger partial charge in [-0.05, 0) is 25.1 Å². The average Bonchev–Trinajstić information content (AvgIpc) is 2.98. The zero-order valence-corrected chi connectivity index (χ0v) is 11.6. The predicted octanol–water partition coefficient (Wildman–Crippen LogP) is 3.21. The first-order valence-corrected chi connectivity index (χ1v) is 6.74. The van der Waals surface area contributed by atoms with Crippen LogP contribution in [-0.2, 0) is 0 Å². The van der Waals surface area contributed by atoms with E-state index in [2.05, 4.69) is 15.3 Å². The van der Waals surface area contributed by atoms with E-state index < -0.39 is 0 Å². The molecule has 0 atom stereocenters. The molecule has 0 radical (unpaired) electrons. The summed E-state index contributed by atoms with van der Waals surface area (Å²) < 4.78 is 5.27. The van der Waals surface area contributed by atoms with Crippen molar-refractivity contribution in [2.24, 2.45) is 0 Å². The Morgan fingerprint density at radius 3 is 2.95 bits per heavy atom. The molecule has 2 aromatic heterocycles. The van der Waals surface area contributed by atoms with Gasteiger partial charge in [-0.15, -0.1) is 0 Å². The summed E-state index contributed by atoms with van der Waals surface area (Å²) in [5.74, 6) is 0.371. The number of aromatic amines is 1. The topological polar surface area (TPSA) is 67.0 Å². The Morgan fingerprint density at radius 1 is 1.29 bits per heavy atom.